The van der Waals surface area contributed by atoms with E-state index in [1.54, 1.807) is 22.3 Å². The van der Waals surface area contributed by atoms with Crippen LogP contribution in [-0.2, 0) is 13.1 Å². The van der Waals surface area contributed by atoms with Gasteiger partial charge in [-0.3, -0.25) is 4.68 Å². The van der Waals surface area contributed by atoms with Gasteiger partial charge in [0.25, 0.3) is 0 Å². The summed E-state index contributed by atoms with van der Waals surface area (Å²) in [6.45, 7) is 5.31. The van der Waals surface area contributed by atoms with Crippen LogP contribution >= 0.6 is 11.3 Å². The Balaban J connectivity index is 1.82. The standard InChI is InChI=1S/C13H19N5OS/c1-10(2)12(7-18-9-14-8-16-18)17-13(19)15-6-11-4-3-5-20-11/h3-5,8-10,12H,6-7H2,1-2H3,(H2,15,17,19). The quantitative estimate of drug-likeness (QED) is 0.854. The smallest absolute Gasteiger partial charge is 0.315 e. The summed E-state index contributed by atoms with van der Waals surface area (Å²) < 4.78 is 1.73. The third kappa shape index (κ3) is 4.34. The highest BCUT2D eigenvalue weighted by molar-refractivity contribution is 7.09. The van der Waals surface area contributed by atoms with Crippen LogP contribution in [0.2, 0.25) is 0 Å². The first-order valence-electron chi connectivity index (χ1n) is 6.54. The lowest BCUT2D eigenvalue weighted by Crippen LogP contribution is -2.46. The molecule has 1 atom stereocenters. The van der Waals surface area contributed by atoms with Gasteiger partial charge in [0.2, 0.25) is 0 Å². The summed E-state index contributed by atoms with van der Waals surface area (Å²) in [4.78, 5) is 17.0. The van der Waals surface area contributed by atoms with Crippen molar-refractivity contribution in [2.75, 3.05) is 0 Å². The summed E-state index contributed by atoms with van der Waals surface area (Å²) >= 11 is 1.63. The Hall–Kier alpha value is -1.89. The fourth-order valence-corrected chi connectivity index (χ4v) is 2.40. The van der Waals surface area contributed by atoms with Crippen LogP contribution in [0.4, 0.5) is 4.79 Å². The van der Waals surface area contributed by atoms with Gasteiger partial charge in [0.1, 0.15) is 12.7 Å². The zero-order chi connectivity index (χ0) is 14.4. The summed E-state index contributed by atoms with van der Waals surface area (Å²) in [7, 11) is 0. The van der Waals surface area contributed by atoms with Gasteiger partial charge >= 0.3 is 6.03 Å². The number of amides is 2. The number of nitrogens with one attached hydrogen (secondary N) is 2. The van der Waals surface area contributed by atoms with Gasteiger partial charge in [-0.1, -0.05) is 19.9 Å². The van der Waals surface area contributed by atoms with E-state index in [0.717, 1.165) is 4.88 Å². The van der Waals surface area contributed by atoms with Crippen molar-refractivity contribution in [1.29, 1.82) is 0 Å². The minimum atomic E-state index is -0.155. The Bertz CT molecular complexity index is 509. The molecule has 2 N–H and O–H groups in total. The molecule has 2 rings (SSSR count). The molecule has 2 aromatic rings. The number of aromatic nitrogens is 3. The van der Waals surface area contributed by atoms with Crippen LogP contribution in [-0.4, -0.2) is 26.8 Å². The average Bonchev–Trinajstić information content (AvgIpc) is 3.08. The van der Waals surface area contributed by atoms with Crippen molar-refractivity contribution in [1.82, 2.24) is 25.4 Å². The number of thiophene rings is 1. The molecule has 1 unspecified atom stereocenters. The van der Waals surface area contributed by atoms with Gasteiger partial charge in [-0.25, -0.2) is 9.78 Å². The fraction of sp³-hybridized carbons (Fsp3) is 0.462. The number of rotatable bonds is 6. The van der Waals surface area contributed by atoms with Crippen molar-refractivity contribution in [2.24, 2.45) is 5.92 Å². The molecule has 0 saturated heterocycles. The maximum atomic E-state index is 11.9. The Kier molecular flexibility index (Phi) is 5.11. The van der Waals surface area contributed by atoms with E-state index in [1.807, 2.05) is 17.5 Å². The number of carbonyl (C=O) groups excluding carboxylic acids is 1. The van der Waals surface area contributed by atoms with Crippen molar-refractivity contribution >= 4 is 17.4 Å². The molecule has 2 amide bonds. The van der Waals surface area contributed by atoms with Crippen LogP contribution in [0.5, 0.6) is 0 Å². The molecule has 0 aliphatic carbocycles. The molecule has 2 aromatic heterocycles. The predicted octanol–water partition coefficient (Wildman–Crippen LogP) is 1.86. The second-order valence-corrected chi connectivity index (χ2v) is 5.91. The van der Waals surface area contributed by atoms with E-state index >= 15 is 0 Å². The third-order valence-electron chi connectivity index (χ3n) is 2.97. The summed E-state index contributed by atoms with van der Waals surface area (Å²) in [6, 6.07) is 3.83. The maximum absolute atomic E-state index is 11.9. The molecule has 2 heterocycles. The highest BCUT2D eigenvalue weighted by atomic mass is 32.1. The van der Waals surface area contributed by atoms with Crippen molar-refractivity contribution in [3.63, 3.8) is 0 Å². The zero-order valence-corrected chi connectivity index (χ0v) is 12.4. The minimum absolute atomic E-state index is 0.0139. The monoisotopic (exact) mass is 293 g/mol. The fourth-order valence-electron chi connectivity index (χ4n) is 1.75. The van der Waals surface area contributed by atoms with Crippen molar-refractivity contribution < 1.29 is 4.79 Å². The van der Waals surface area contributed by atoms with Crippen LogP contribution in [0, 0.1) is 5.92 Å². The first-order chi connectivity index (χ1) is 9.65. The van der Waals surface area contributed by atoms with Gasteiger partial charge in [0.05, 0.1) is 19.1 Å². The zero-order valence-electron chi connectivity index (χ0n) is 11.6. The molecule has 0 aromatic carbocycles. The number of hydrogen-bond acceptors (Lipinski definition) is 4. The van der Waals surface area contributed by atoms with E-state index in [2.05, 4.69) is 34.6 Å². The lowest BCUT2D eigenvalue weighted by molar-refractivity contribution is 0.229. The van der Waals surface area contributed by atoms with Crippen LogP contribution in [0.25, 0.3) is 0 Å². The van der Waals surface area contributed by atoms with E-state index in [-0.39, 0.29) is 12.1 Å². The molecule has 0 aliphatic heterocycles. The second kappa shape index (κ2) is 7.04. The lowest BCUT2D eigenvalue weighted by Gasteiger charge is -2.22. The Morgan fingerprint density at radius 2 is 2.35 bits per heavy atom. The largest absolute Gasteiger partial charge is 0.333 e. The molecular weight excluding hydrogens is 274 g/mol. The van der Waals surface area contributed by atoms with E-state index < -0.39 is 0 Å². The first-order valence-corrected chi connectivity index (χ1v) is 7.42. The molecule has 7 heteroatoms. The Morgan fingerprint density at radius 1 is 1.50 bits per heavy atom. The Labute approximate surface area is 122 Å². The normalized spacial score (nSPS) is 12.3. The van der Waals surface area contributed by atoms with Crippen molar-refractivity contribution in [3.8, 4) is 0 Å². The van der Waals surface area contributed by atoms with Gasteiger partial charge in [-0.2, -0.15) is 5.10 Å². The average molecular weight is 293 g/mol. The highest BCUT2D eigenvalue weighted by Gasteiger charge is 2.17. The number of urea groups is 1. The second-order valence-electron chi connectivity index (χ2n) is 4.87. The number of nitrogens with zero attached hydrogens (tertiary/aromatic N) is 3. The van der Waals surface area contributed by atoms with E-state index in [4.69, 9.17) is 0 Å². The predicted molar refractivity (Wildman–Crippen MR) is 78.3 cm³/mol. The topological polar surface area (TPSA) is 71.8 Å². The van der Waals surface area contributed by atoms with Crippen molar-refractivity contribution in [2.45, 2.75) is 33.0 Å². The number of carbonyl (C=O) groups is 1. The van der Waals surface area contributed by atoms with Crippen LogP contribution < -0.4 is 10.6 Å². The van der Waals surface area contributed by atoms with Crippen LogP contribution in [0.15, 0.2) is 30.2 Å². The molecule has 0 fully saturated rings. The van der Waals surface area contributed by atoms with E-state index in [1.165, 1.54) is 6.33 Å². The Morgan fingerprint density at radius 3 is 2.95 bits per heavy atom. The van der Waals surface area contributed by atoms with E-state index in [9.17, 15) is 4.79 Å². The lowest BCUT2D eigenvalue weighted by atomic mass is 10.1. The third-order valence-corrected chi connectivity index (χ3v) is 3.85. The molecule has 0 radical (unpaired) electrons. The SMILES string of the molecule is CC(C)C(Cn1cncn1)NC(=O)NCc1cccs1. The first kappa shape index (κ1) is 14.5. The summed E-state index contributed by atoms with van der Waals surface area (Å²) in [5, 5.41) is 11.9. The summed E-state index contributed by atoms with van der Waals surface area (Å²) in [5.41, 5.74) is 0. The van der Waals surface area contributed by atoms with Gasteiger partial charge in [-0.15, -0.1) is 11.3 Å². The van der Waals surface area contributed by atoms with Crippen molar-refractivity contribution in [3.05, 3.63) is 35.0 Å². The van der Waals surface area contributed by atoms with Crippen LogP contribution in [0.3, 0.4) is 0 Å². The molecule has 0 bridgehead atoms. The van der Waals surface area contributed by atoms with Gasteiger partial charge in [0, 0.05) is 4.88 Å². The molecule has 0 aliphatic rings. The summed E-state index contributed by atoms with van der Waals surface area (Å²) in [6.07, 6.45) is 3.15. The molecule has 20 heavy (non-hydrogen) atoms. The molecule has 108 valence electrons. The minimum Gasteiger partial charge on any atom is -0.333 e. The van der Waals surface area contributed by atoms with Gasteiger partial charge < -0.3 is 10.6 Å². The molecular formula is C13H19N5OS. The number of hydrogen-bond donors (Lipinski definition) is 2. The molecule has 6 nitrogen and oxygen atoms in total. The molecule has 0 spiro atoms. The van der Waals surface area contributed by atoms with Crippen LogP contribution in [0.1, 0.15) is 18.7 Å². The van der Waals surface area contributed by atoms with E-state index in [0.29, 0.717) is 19.0 Å². The summed E-state index contributed by atoms with van der Waals surface area (Å²) in [5.74, 6) is 0.312. The highest BCUT2D eigenvalue weighted by Crippen LogP contribution is 2.08. The maximum Gasteiger partial charge on any atom is 0.315 e. The molecule has 0 saturated carbocycles. The van der Waals surface area contributed by atoms with Gasteiger partial charge in [0.15, 0.2) is 0 Å². The van der Waals surface area contributed by atoms with Gasteiger partial charge in [-0.05, 0) is 17.4 Å².